The molecule has 3 nitrogen and oxygen atoms in total. The average molecular weight is 315 g/mol. The summed E-state index contributed by atoms with van der Waals surface area (Å²) in [6, 6.07) is 9.22. The van der Waals surface area contributed by atoms with Crippen molar-refractivity contribution in [2.45, 2.75) is 71.8 Å². The molecule has 0 amide bonds. The van der Waals surface area contributed by atoms with E-state index in [0.717, 1.165) is 12.5 Å². The SMILES string of the molecule is CC1CC(C)N(Cc2ccccc2B2OC(C)(C)C(C)(C)O2)C1. The maximum atomic E-state index is 6.26. The van der Waals surface area contributed by atoms with Gasteiger partial charge in [-0.05, 0) is 58.0 Å². The molecular formula is C19H30BNO2. The van der Waals surface area contributed by atoms with Gasteiger partial charge in [0.2, 0.25) is 0 Å². The van der Waals surface area contributed by atoms with E-state index in [2.05, 4.69) is 70.7 Å². The van der Waals surface area contributed by atoms with Crippen molar-refractivity contribution in [2.75, 3.05) is 6.54 Å². The number of likely N-dealkylation sites (tertiary alicyclic amines) is 1. The first-order chi connectivity index (χ1) is 10.7. The molecule has 2 unspecified atom stereocenters. The lowest BCUT2D eigenvalue weighted by molar-refractivity contribution is 0.00578. The highest BCUT2D eigenvalue weighted by Crippen LogP contribution is 2.36. The molecule has 0 spiro atoms. The molecule has 126 valence electrons. The minimum atomic E-state index is -0.291. The summed E-state index contributed by atoms with van der Waals surface area (Å²) in [4.78, 5) is 2.58. The quantitative estimate of drug-likeness (QED) is 0.800. The molecule has 0 bridgehead atoms. The van der Waals surface area contributed by atoms with Crippen molar-refractivity contribution in [3.05, 3.63) is 29.8 Å². The van der Waals surface area contributed by atoms with E-state index < -0.39 is 0 Å². The Bertz CT molecular complexity index is 556. The fraction of sp³-hybridized carbons (Fsp3) is 0.684. The van der Waals surface area contributed by atoms with E-state index in [1.807, 2.05) is 0 Å². The lowest BCUT2D eigenvalue weighted by Gasteiger charge is -2.32. The second kappa shape index (κ2) is 5.91. The first kappa shape index (κ1) is 17.0. The van der Waals surface area contributed by atoms with Gasteiger partial charge in [0.05, 0.1) is 11.2 Å². The number of hydrogen-bond acceptors (Lipinski definition) is 3. The third-order valence-corrected chi connectivity index (χ3v) is 5.85. The molecule has 0 radical (unpaired) electrons. The molecule has 1 aromatic rings. The summed E-state index contributed by atoms with van der Waals surface area (Å²) < 4.78 is 12.5. The Hall–Kier alpha value is -0.835. The smallest absolute Gasteiger partial charge is 0.399 e. The van der Waals surface area contributed by atoms with Crippen LogP contribution < -0.4 is 5.46 Å². The van der Waals surface area contributed by atoms with Crippen molar-refractivity contribution in [3.8, 4) is 0 Å². The Morgan fingerprint density at radius 1 is 1.09 bits per heavy atom. The molecule has 2 saturated heterocycles. The van der Waals surface area contributed by atoms with E-state index in [0.29, 0.717) is 6.04 Å². The predicted molar refractivity (Wildman–Crippen MR) is 95.8 cm³/mol. The minimum absolute atomic E-state index is 0.272. The van der Waals surface area contributed by atoms with Gasteiger partial charge in [-0.15, -0.1) is 0 Å². The molecule has 23 heavy (non-hydrogen) atoms. The van der Waals surface area contributed by atoms with Gasteiger partial charge in [0, 0.05) is 19.1 Å². The molecule has 2 fully saturated rings. The van der Waals surface area contributed by atoms with Gasteiger partial charge in [0.25, 0.3) is 0 Å². The molecule has 2 aliphatic heterocycles. The van der Waals surface area contributed by atoms with E-state index in [4.69, 9.17) is 9.31 Å². The standard InChI is InChI=1S/C19H30BNO2/c1-14-11-15(2)21(12-14)13-16-9-7-8-10-17(16)20-22-18(3,4)19(5,6)23-20/h7-10,14-15H,11-13H2,1-6H3. The molecule has 0 saturated carbocycles. The van der Waals surface area contributed by atoms with E-state index in [-0.39, 0.29) is 18.3 Å². The lowest BCUT2D eigenvalue weighted by atomic mass is 9.76. The van der Waals surface area contributed by atoms with Crippen LogP contribution in [0, 0.1) is 5.92 Å². The second-order valence-electron chi connectivity index (χ2n) is 8.41. The molecule has 3 rings (SSSR count). The van der Waals surface area contributed by atoms with Gasteiger partial charge in [0.1, 0.15) is 0 Å². The number of rotatable bonds is 3. The number of hydrogen-bond donors (Lipinski definition) is 0. The predicted octanol–water partition coefficient (Wildman–Crippen LogP) is 3.22. The van der Waals surface area contributed by atoms with Crippen molar-refractivity contribution in [1.29, 1.82) is 0 Å². The summed E-state index contributed by atoms with van der Waals surface area (Å²) >= 11 is 0. The van der Waals surface area contributed by atoms with Gasteiger partial charge >= 0.3 is 7.12 Å². The Kier molecular flexibility index (Phi) is 4.37. The van der Waals surface area contributed by atoms with E-state index >= 15 is 0 Å². The fourth-order valence-corrected chi connectivity index (χ4v) is 3.70. The average Bonchev–Trinajstić information content (AvgIpc) is 2.86. The monoisotopic (exact) mass is 315 g/mol. The van der Waals surface area contributed by atoms with Crippen molar-refractivity contribution in [1.82, 2.24) is 4.90 Å². The summed E-state index contributed by atoms with van der Waals surface area (Å²) in [6.07, 6.45) is 1.29. The third-order valence-electron chi connectivity index (χ3n) is 5.85. The highest BCUT2D eigenvalue weighted by molar-refractivity contribution is 6.62. The van der Waals surface area contributed by atoms with E-state index in [1.165, 1.54) is 24.0 Å². The highest BCUT2D eigenvalue weighted by atomic mass is 16.7. The minimum Gasteiger partial charge on any atom is -0.399 e. The van der Waals surface area contributed by atoms with Crippen molar-refractivity contribution >= 4 is 12.6 Å². The molecule has 0 aliphatic carbocycles. The highest BCUT2D eigenvalue weighted by Gasteiger charge is 2.52. The zero-order valence-electron chi connectivity index (χ0n) is 15.4. The van der Waals surface area contributed by atoms with Gasteiger partial charge in [-0.3, -0.25) is 4.90 Å². The van der Waals surface area contributed by atoms with Gasteiger partial charge in [-0.25, -0.2) is 0 Å². The molecule has 2 atom stereocenters. The van der Waals surface area contributed by atoms with Gasteiger partial charge < -0.3 is 9.31 Å². The van der Waals surface area contributed by atoms with Crippen LogP contribution in [0.4, 0.5) is 0 Å². The summed E-state index contributed by atoms with van der Waals surface area (Å²) in [7, 11) is -0.272. The van der Waals surface area contributed by atoms with Crippen LogP contribution in [0.15, 0.2) is 24.3 Å². The van der Waals surface area contributed by atoms with Crippen molar-refractivity contribution in [3.63, 3.8) is 0 Å². The molecule has 0 aromatic heterocycles. The van der Waals surface area contributed by atoms with Gasteiger partial charge in [0.15, 0.2) is 0 Å². The van der Waals surface area contributed by atoms with E-state index in [1.54, 1.807) is 0 Å². The summed E-state index contributed by atoms with van der Waals surface area (Å²) in [5.41, 5.74) is 1.92. The van der Waals surface area contributed by atoms with Crippen LogP contribution in [0.1, 0.15) is 53.5 Å². The number of nitrogens with zero attached hydrogens (tertiary/aromatic N) is 1. The Labute approximate surface area is 141 Å². The largest absolute Gasteiger partial charge is 0.495 e. The summed E-state index contributed by atoms with van der Waals surface area (Å²) in [5, 5.41) is 0. The number of benzene rings is 1. The zero-order chi connectivity index (χ0) is 16.8. The Morgan fingerprint density at radius 2 is 1.70 bits per heavy atom. The molecule has 4 heteroatoms. The van der Waals surface area contributed by atoms with Crippen molar-refractivity contribution < 1.29 is 9.31 Å². The lowest BCUT2D eigenvalue weighted by Crippen LogP contribution is -2.41. The summed E-state index contributed by atoms with van der Waals surface area (Å²) in [5.74, 6) is 0.786. The van der Waals surface area contributed by atoms with Crippen LogP contribution in [-0.2, 0) is 15.9 Å². The van der Waals surface area contributed by atoms with Gasteiger partial charge in [-0.2, -0.15) is 0 Å². The molecule has 2 heterocycles. The first-order valence-electron chi connectivity index (χ1n) is 8.87. The zero-order valence-corrected chi connectivity index (χ0v) is 15.4. The normalized spacial score (nSPS) is 30.1. The molecular weight excluding hydrogens is 285 g/mol. The first-order valence-corrected chi connectivity index (χ1v) is 8.87. The van der Waals surface area contributed by atoms with E-state index in [9.17, 15) is 0 Å². The van der Waals surface area contributed by atoms with Crippen LogP contribution >= 0.6 is 0 Å². The van der Waals surface area contributed by atoms with Crippen LogP contribution in [0.3, 0.4) is 0 Å². The Balaban J connectivity index is 1.82. The molecule has 2 aliphatic rings. The summed E-state index contributed by atoms with van der Waals surface area (Å²) in [6.45, 7) is 15.3. The molecule has 1 aromatic carbocycles. The van der Waals surface area contributed by atoms with Crippen LogP contribution in [0.2, 0.25) is 0 Å². The molecule has 0 N–H and O–H groups in total. The Morgan fingerprint density at radius 3 is 2.26 bits per heavy atom. The van der Waals surface area contributed by atoms with Gasteiger partial charge in [-0.1, -0.05) is 31.2 Å². The maximum absolute atomic E-state index is 6.26. The maximum Gasteiger partial charge on any atom is 0.495 e. The van der Waals surface area contributed by atoms with Crippen molar-refractivity contribution in [2.24, 2.45) is 5.92 Å². The van der Waals surface area contributed by atoms with Crippen LogP contribution in [-0.4, -0.2) is 35.8 Å². The second-order valence-corrected chi connectivity index (χ2v) is 8.41. The third kappa shape index (κ3) is 3.22. The van der Waals surface area contributed by atoms with Crippen LogP contribution in [0.25, 0.3) is 0 Å². The van der Waals surface area contributed by atoms with Crippen LogP contribution in [0.5, 0.6) is 0 Å². The topological polar surface area (TPSA) is 21.7 Å². The fourth-order valence-electron chi connectivity index (χ4n) is 3.70.